The molecule has 2 aromatic heterocycles. The van der Waals surface area contributed by atoms with Crippen molar-refractivity contribution in [2.75, 3.05) is 0 Å². The molecule has 4 nitrogen and oxygen atoms in total. The minimum absolute atomic E-state index is 0.142. The van der Waals surface area contributed by atoms with Gasteiger partial charge in [-0.3, -0.25) is 15.3 Å². The molecule has 2 aromatic rings. The topological polar surface area (TPSA) is 51.0 Å². The predicted molar refractivity (Wildman–Crippen MR) is 65.4 cm³/mol. The van der Waals surface area contributed by atoms with Crippen LogP contribution in [0.15, 0.2) is 35.2 Å². The van der Waals surface area contributed by atoms with Crippen LogP contribution in [0.2, 0.25) is 0 Å². The van der Waals surface area contributed by atoms with Gasteiger partial charge in [-0.1, -0.05) is 0 Å². The summed E-state index contributed by atoms with van der Waals surface area (Å²) in [5.74, 6) is 0.929. The number of hydrogen-bond acceptors (Lipinski definition) is 4. The molecule has 0 aromatic carbocycles. The smallest absolute Gasteiger partial charge is 0.120 e. The zero-order valence-electron chi connectivity index (χ0n) is 10.3. The second-order valence-corrected chi connectivity index (χ2v) is 4.15. The van der Waals surface area contributed by atoms with E-state index in [2.05, 4.69) is 29.1 Å². The van der Waals surface area contributed by atoms with E-state index in [4.69, 9.17) is 4.42 Å². The summed E-state index contributed by atoms with van der Waals surface area (Å²) < 4.78 is 5.36. The molecule has 90 valence electrons. The van der Waals surface area contributed by atoms with Crippen LogP contribution in [0.5, 0.6) is 0 Å². The fraction of sp³-hybridized carbons (Fsp3) is 0.385. The summed E-state index contributed by atoms with van der Waals surface area (Å²) in [6.07, 6.45) is 5.12. The molecule has 0 saturated carbocycles. The maximum atomic E-state index is 5.36. The van der Waals surface area contributed by atoms with E-state index in [-0.39, 0.29) is 12.1 Å². The van der Waals surface area contributed by atoms with Crippen LogP contribution in [0.1, 0.15) is 43.1 Å². The first-order valence-corrected chi connectivity index (χ1v) is 5.75. The van der Waals surface area contributed by atoms with Gasteiger partial charge in [-0.2, -0.15) is 0 Å². The lowest BCUT2D eigenvalue weighted by atomic mass is 10.1. The van der Waals surface area contributed by atoms with Crippen molar-refractivity contribution in [3.63, 3.8) is 0 Å². The molecule has 0 bridgehead atoms. The molecule has 2 heterocycles. The van der Waals surface area contributed by atoms with Crippen molar-refractivity contribution in [1.82, 2.24) is 15.3 Å². The summed E-state index contributed by atoms with van der Waals surface area (Å²) in [6, 6.07) is 4.16. The van der Waals surface area contributed by atoms with Crippen LogP contribution in [-0.4, -0.2) is 9.97 Å². The van der Waals surface area contributed by atoms with Gasteiger partial charge in [-0.25, -0.2) is 0 Å². The highest BCUT2D eigenvalue weighted by Crippen LogP contribution is 2.19. The van der Waals surface area contributed by atoms with Crippen molar-refractivity contribution in [1.29, 1.82) is 0 Å². The second-order valence-electron chi connectivity index (χ2n) is 4.15. The molecule has 17 heavy (non-hydrogen) atoms. The molecule has 0 saturated heterocycles. The zero-order valence-corrected chi connectivity index (χ0v) is 10.3. The van der Waals surface area contributed by atoms with Gasteiger partial charge < -0.3 is 4.42 Å². The van der Waals surface area contributed by atoms with Gasteiger partial charge in [-0.15, -0.1) is 0 Å². The van der Waals surface area contributed by atoms with Gasteiger partial charge in [-0.05, 0) is 32.9 Å². The van der Waals surface area contributed by atoms with E-state index < -0.39 is 0 Å². The third-order valence-electron chi connectivity index (χ3n) is 2.80. The number of nitrogens with one attached hydrogen (secondary N) is 1. The van der Waals surface area contributed by atoms with Gasteiger partial charge in [0.2, 0.25) is 0 Å². The van der Waals surface area contributed by atoms with Gasteiger partial charge in [0.1, 0.15) is 5.76 Å². The summed E-state index contributed by atoms with van der Waals surface area (Å²) in [7, 11) is 0. The van der Waals surface area contributed by atoms with E-state index in [0.29, 0.717) is 0 Å². The Morgan fingerprint density at radius 3 is 2.59 bits per heavy atom. The largest absolute Gasteiger partial charge is 0.468 e. The van der Waals surface area contributed by atoms with Crippen LogP contribution in [0.4, 0.5) is 0 Å². The first-order valence-electron chi connectivity index (χ1n) is 5.75. The molecule has 0 amide bonds. The average Bonchev–Trinajstić information content (AvgIpc) is 2.82. The summed E-state index contributed by atoms with van der Waals surface area (Å²) in [4.78, 5) is 8.60. The highest BCUT2D eigenvalue weighted by molar-refractivity contribution is 5.13. The summed E-state index contributed by atoms with van der Waals surface area (Å²) >= 11 is 0. The summed E-state index contributed by atoms with van der Waals surface area (Å²) in [5.41, 5.74) is 1.94. The van der Waals surface area contributed by atoms with Gasteiger partial charge in [0.15, 0.2) is 0 Å². The van der Waals surface area contributed by atoms with Crippen LogP contribution >= 0.6 is 0 Å². The van der Waals surface area contributed by atoms with Crippen LogP contribution in [0.3, 0.4) is 0 Å². The summed E-state index contributed by atoms with van der Waals surface area (Å²) in [5, 5.41) is 3.44. The molecule has 2 unspecified atom stereocenters. The molecule has 0 aliphatic heterocycles. The Morgan fingerprint density at radius 1 is 1.18 bits per heavy atom. The van der Waals surface area contributed by atoms with Gasteiger partial charge in [0.25, 0.3) is 0 Å². The molecule has 0 aliphatic carbocycles. The second kappa shape index (κ2) is 5.10. The van der Waals surface area contributed by atoms with Crippen molar-refractivity contribution < 1.29 is 4.42 Å². The quantitative estimate of drug-likeness (QED) is 0.879. The monoisotopic (exact) mass is 231 g/mol. The lowest BCUT2D eigenvalue weighted by molar-refractivity contribution is 0.398. The Labute approximate surface area is 101 Å². The first kappa shape index (κ1) is 11.8. The molecular formula is C13H17N3O. The lowest BCUT2D eigenvalue weighted by Gasteiger charge is -2.18. The van der Waals surface area contributed by atoms with Crippen molar-refractivity contribution >= 4 is 0 Å². The van der Waals surface area contributed by atoms with Gasteiger partial charge >= 0.3 is 0 Å². The number of aryl methyl sites for hydroxylation is 1. The first-order chi connectivity index (χ1) is 8.18. The van der Waals surface area contributed by atoms with Crippen LogP contribution in [0, 0.1) is 6.92 Å². The predicted octanol–water partition coefficient (Wildman–Crippen LogP) is 2.79. The van der Waals surface area contributed by atoms with Crippen molar-refractivity contribution in [3.05, 3.63) is 47.9 Å². The molecule has 0 aliphatic rings. The Bertz CT molecular complexity index is 467. The Balaban J connectivity index is 2.07. The summed E-state index contributed by atoms with van der Waals surface area (Å²) in [6.45, 7) is 6.12. The molecular weight excluding hydrogens is 214 g/mol. The number of rotatable bonds is 4. The molecule has 2 rings (SSSR count). The standard InChI is InChI=1S/C13H17N3O/c1-9(12-5-4-8-17-12)16-11(3)13-10(2)14-6-7-15-13/h4-9,11,16H,1-3H3. The van der Waals surface area contributed by atoms with Crippen LogP contribution in [-0.2, 0) is 0 Å². The highest BCUT2D eigenvalue weighted by atomic mass is 16.3. The highest BCUT2D eigenvalue weighted by Gasteiger charge is 2.15. The number of furan rings is 1. The van der Waals surface area contributed by atoms with Crippen molar-refractivity contribution in [2.24, 2.45) is 0 Å². The third kappa shape index (κ3) is 2.71. The molecule has 2 atom stereocenters. The third-order valence-corrected chi connectivity index (χ3v) is 2.80. The molecule has 0 fully saturated rings. The maximum Gasteiger partial charge on any atom is 0.120 e. The Morgan fingerprint density at radius 2 is 1.94 bits per heavy atom. The van der Waals surface area contributed by atoms with E-state index >= 15 is 0 Å². The Kier molecular flexibility index (Phi) is 3.54. The van der Waals surface area contributed by atoms with E-state index in [9.17, 15) is 0 Å². The van der Waals surface area contributed by atoms with Gasteiger partial charge in [0.05, 0.1) is 23.7 Å². The van der Waals surface area contributed by atoms with E-state index in [0.717, 1.165) is 17.1 Å². The van der Waals surface area contributed by atoms with Crippen LogP contribution in [0.25, 0.3) is 0 Å². The van der Waals surface area contributed by atoms with E-state index in [1.54, 1.807) is 18.7 Å². The van der Waals surface area contributed by atoms with Crippen LogP contribution < -0.4 is 5.32 Å². The lowest BCUT2D eigenvalue weighted by Crippen LogP contribution is -2.23. The number of aromatic nitrogens is 2. The minimum atomic E-state index is 0.142. The molecule has 1 N–H and O–H groups in total. The van der Waals surface area contributed by atoms with E-state index in [1.165, 1.54) is 0 Å². The van der Waals surface area contributed by atoms with Crippen molar-refractivity contribution in [2.45, 2.75) is 32.9 Å². The normalized spacial score (nSPS) is 14.5. The number of nitrogens with zero attached hydrogens (tertiary/aromatic N) is 2. The van der Waals surface area contributed by atoms with Gasteiger partial charge in [0, 0.05) is 18.4 Å². The molecule has 0 spiro atoms. The van der Waals surface area contributed by atoms with Crippen molar-refractivity contribution in [3.8, 4) is 0 Å². The number of hydrogen-bond donors (Lipinski definition) is 1. The maximum absolute atomic E-state index is 5.36. The Hall–Kier alpha value is -1.68. The fourth-order valence-electron chi connectivity index (χ4n) is 1.92. The molecule has 4 heteroatoms. The molecule has 0 radical (unpaired) electrons. The average molecular weight is 231 g/mol. The zero-order chi connectivity index (χ0) is 12.3. The van der Waals surface area contributed by atoms with E-state index in [1.807, 2.05) is 19.1 Å². The fourth-order valence-corrected chi connectivity index (χ4v) is 1.92. The minimum Gasteiger partial charge on any atom is -0.468 e. The SMILES string of the molecule is Cc1nccnc1C(C)NC(C)c1ccco1.